The minimum atomic E-state index is 1.25. The van der Waals surface area contributed by atoms with Crippen LogP contribution in [0.15, 0.2) is 158 Å². The van der Waals surface area contributed by atoms with Gasteiger partial charge >= 0.3 is 0 Å². The number of rotatable bonds is 4. The highest BCUT2D eigenvalue weighted by Gasteiger charge is 2.19. The third kappa shape index (κ3) is 5.33. The van der Waals surface area contributed by atoms with Gasteiger partial charge in [-0.25, -0.2) is 0 Å². The van der Waals surface area contributed by atoms with Crippen LogP contribution in [0.1, 0.15) is 37.8 Å². The second-order valence-electron chi connectivity index (χ2n) is 13.5. The van der Waals surface area contributed by atoms with Gasteiger partial charge in [0.15, 0.2) is 0 Å². The summed E-state index contributed by atoms with van der Waals surface area (Å²) in [7, 11) is 0. The highest BCUT2D eigenvalue weighted by molar-refractivity contribution is 6.22. The minimum absolute atomic E-state index is 1.25. The van der Waals surface area contributed by atoms with E-state index >= 15 is 0 Å². The van der Waals surface area contributed by atoms with Gasteiger partial charge in [-0.2, -0.15) is 0 Å². The van der Waals surface area contributed by atoms with Crippen LogP contribution in [0.3, 0.4) is 0 Å². The van der Waals surface area contributed by atoms with Gasteiger partial charge in [-0.05, 0) is 124 Å². The van der Waals surface area contributed by atoms with Crippen LogP contribution in [0, 0.1) is 13.8 Å². The fourth-order valence-electron chi connectivity index (χ4n) is 7.81. The fourth-order valence-corrected chi connectivity index (χ4v) is 7.81. The highest BCUT2D eigenvalue weighted by Crippen LogP contribution is 2.46. The molecule has 0 bridgehead atoms. The zero-order valence-corrected chi connectivity index (χ0v) is 29.4. The van der Waals surface area contributed by atoms with Gasteiger partial charge in [0, 0.05) is 0 Å². The summed E-state index contributed by atoms with van der Waals surface area (Å²) in [6.45, 7) is 8.90. The zero-order valence-electron chi connectivity index (χ0n) is 29.4. The second kappa shape index (κ2) is 13.3. The quantitative estimate of drug-likeness (QED) is 0.132. The average molecular weight is 643 g/mol. The summed E-state index contributed by atoms with van der Waals surface area (Å²) < 4.78 is 0. The monoisotopic (exact) mass is 642 g/mol. The van der Waals surface area contributed by atoms with E-state index in [4.69, 9.17) is 0 Å². The summed E-state index contributed by atoms with van der Waals surface area (Å²) in [5.41, 5.74) is 10.3. The minimum Gasteiger partial charge on any atom is -0.0654 e. The molecule has 0 aliphatic rings. The van der Waals surface area contributed by atoms with Crippen LogP contribution in [0.2, 0.25) is 0 Å². The number of benzene rings is 9. The van der Waals surface area contributed by atoms with Crippen LogP contribution >= 0.6 is 0 Å². The average Bonchev–Trinajstić information content (AvgIpc) is 3.17. The number of hydrogen-bond donors (Lipinski definition) is 0. The Labute approximate surface area is 295 Å². The first-order chi connectivity index (χ1) is 24.6. The third-order valence-electron chi connectivity index (χ3n) is 10.5. The molecule has 0 saturated heterocycles. The lowest BCUT2D eigenvalue weighted by atomic mass is 9.83. The molecule has 242 valence electrons. The first kappa shape index (κ1) is 31.5. The largest absolute Gasteiger partial charge is 0.0654 e. The summed E-state index contributed by atoms with van der Waals surface area (Å²) >= 11 is 0. The third-order valence-corrected chi connectivity index (χ3v) is 10.5. The first-order valence-electron chi connectivity index (χ1n) is 18.0. The molecule has 0 nitrogen and oxygen atoms in total. The number of aryl methyl sites for hydroxylation is 2. The molecule has 50 heavy (non-hydrogen) atoms. The predicted octanol–water partition coefficient (Wildman–Crippen LogP) is 14.9. The Hall–Kier alpha value is -5.72. The Morgan fingerprint density at radius 3 is 1.28 bits per heavy atom. The molecule has 0 aromatic heterocycles. The van der Waals surface area contributed by atoms with E-state index in [0.717, 1.165) is 0 Å². The normalized spacial score (nSPS) is 11.4. The molecule has 9 aromatic rings. The van der Waals surface area contributed by atoms with Crippen molar-refractivity contribution in [3.63, 3.8) is 0 Å². The van der Waals surface area contributed by atoms with Gasteiger partial charge < -0.3 is 0 Å². The second-order valence-corrected chi connectivity index (χ2v) is 13.5. The smallest absolute Gasteiger partial charge is 0.00262 e. The SMILES string of the molecule is CCCC.Cc1ccc(-c2c3ccccc3c(-c3ccc4ccccc4c3)c3ccccc23)cc1-c1c(C)c2ccccc2c2ccccc12. The number of unbranched alkanes of at least 4 members (excludes halogenated alkanes) is 1. The van der Waals surface area contributed by atoms with Gasteiger partial charge in [0.2, 0.25) is 0 Å². The van der Waals surface area contributed by atoms with Gasteiger partial charge in [-0.15, -0.1) is 0 Å². The molecule has 0 spiro atoms. The van der Waals surface area contributed by atoms with Crippen molar-refractivity contribution in [1.29, 1.82) is 0 Å². The van der Waals surface area contributed by atoms with Gasteiger partial charge in [-0.1, -0.05) is 172 Å². The number of fused-ring (bicyclic) bond motifs is 6. The van der Waals surface area contributed by atoms with Crippen molar-refractivity contribution >= 4 is 53.9 Å². The summed E-state index contributed by atoms with van der Waals surface area (Å²) in [6, 6.07) is 58.3. The summed E-state index contributed by atoms with van der Waals surface area (Å²) in [6.07, 6.45) is 2.64. The zero-order chi connectivity index (χ0) is 34.2. The lowest BCUT2D eigenvalue weighted by Gasteiger charge is -2.20. The van der Waals surface area contributed by atoms with Gasteiger partial charge in [0.05, 0.1) is 0 Å². The van der Waals surface area contributed by atoms with E-state index < -0.39 is 0 Å². The molecule has 0 heteroatoms. The summed E-state index contributed by atoms with van der Waals surface area (Å²) in [5, 5.41) is 12.9. The van der Waals surface area contributed by atoms with Crippen molar-refractivity contribution in [2.75, 3.05) is 0 Å². The number of hydrogen-bond acceptors (Lipinski definition) is 0. The van der Waals surface area contributed by atoms with Crippen LogP contribution in [0.25, 0.3) is 87.2 Å². The molecule has 0 fully saturated rings. The van der Waals surface area contributed by atoms with E-state index in [9.17, 15) is 0 Å². The van der Waals surface area contributed by atoms with Crippen LogP contribution in [-0.2, 0) is 0 Å². The molecule has 0 aliphatic carbocycles. The van der Waals surface area contributed by atoms with Gasteiger partial charge in [-0.3, -0.25) is 0 Å². The van der Waals surface area contributed by atoms with Crippen molar-refractivity contribution in [2.45, 2.75) is 40.5 Å². The maximum absolute atomic E-state index is 2.45. The van der Waals surface area contributed by atoms with Crippen molar-refractivity contribution in [3.05, 3.63) is 169 Å². The van der Waals surface area contributed by atoms with E-state index in [1.165, 1.54) is 111 Å². The van der Waals surface area contributed by atoms with Crippen molar-refractivity contribution in [2.24, 2.45) is 0 Å². The Balaban J connectivity index is 0.000000859. The lowest BCUT2D eigenvalue weighted by Crippen LogP contribution is -1.94. The molecule has 0 N–H and O–H groups in total. The molecule has 0 unspecified atom stereocenters. The van der Waals surface area contributed by atoms with Gasteiger partial charge in [0.1, 0.15) is 0 Å². The Bertz CT molecular complexity index is 2630. The summed E-state index contributed by atoms with van der Waals surface area (Å²) in [4.78, 5) is 0. The maximum Gasteiger partial charge on any atom is -0.00262 e. The van der Waals surface area contributed by atoms with E-state index in [0.29, 0.717) is 0 Å². The molecular formula is C50H42. The van der Waals surface area contributed by atoms with Crippen LogP contribution in [-0.4, -0.2) is 0 Å². The standard InChI is InChI=1S/C46H32.C4H10/c1-29-23-24-34(28-43(29)44-30(2)35-15-5-6-16-36(35)37-17-7-8-18-38(37)44)46-41-21-11-9-19-39(41)45(40-20-10-12-22-42(40)46)33-26-25-31-13-3-4-14-32(31)27-33;1-3-4-2/h3-28H,1-2H3;3-4H2,1-2H3. The van der Waals surface area contributed by atoms with Crippen molar-refractivity contribution in [1.82, 2.24) is 0 Å². The Kier molecular flexibility index (Phi) is 8.39. The molecule has 0 radical (unpaired) electrons. The van der Waals surface area contributed by atoms with E-state index in [-0.39, 0.29) is 0 Å². The van der Waals surface area contributed by atoms with E-state index in [2.05, 4.69) is 185 Å². The van der Waals surface area contributed by atoms with Crippen LogP contribution < -0.4 is 0 Å². The topological polar surface area (TPSA) is 0 Å². The fraction of sp³-hybridized carbons (Fsp3) is 0.120. The van der Waals surface area contributed by atoms with Gasteiger partial charge in [0.25, 0.3) is 0 Å². The molecule has 0 saturated carbocycles. The lowest BCUT2D eigenvalue weighted by molar-refractivity contribution is 0.886. The molecule has 9 aromatic carbocycles. The van der Waals surface area contributed by atoms with E-state index in [1.54, 1.807) is 0 Å². The Morgan fingerprint density at radius 2 is 0.740 bits per heavy atom. The van der Waals surface area contributed by atoms with E-state index in [1.807, 2.05) is 0 Å². The van der Waals surface area contributed by atoms with Crippen LogP contribution in [0.4, 0.5) is 0 Å². The first-order valence-corrected chi connectivity index (χ1v) is 18.0. The maximum atomic E-state index is 2.45. The Morgan fingerprint density at radius 1 is 0.340 bits per heavy atom. The molecular weight excluding hydrogens is 601 g/mol. The highest BCUT2D eigenvalue weighted by atomic mass is 14.2. The molecule has 0 atom stereocenters. The predicted molar refractivity (Wildman–Crippen MR) is 220 cm³/mol. The molecule has 0 aliphatic heterocycles. The van der Waals surface area contributed by atoms with Crippen molar-refractivity contribution < 1.29 is 0 Å². The molecule has 9 rings (SSSR count). The summed E-state index contributed by atoms with van der Waals surface area (Å²) in [5.74, 6) is 0. The molecule has 0 amide bonds. The van der Waals surface area contributed by atoms with Crippen LogP contribution in [0.5, 0.6) is 0 Å². The molecule has 0 heterocycles. The van der Waals surface area contributed by atoms with Crippen molar-refractivity contribution in [3.8, 4) is 33.4 Å².